The Bertz CT molecular complexity index is 271. The highest BCUT2D eigenvalue weighted by atomic mass is 32.2. The van der Waals surface area contributed by atoms with E-state index in [4.69, 9.17) is 0 Å². The maximum Gasteiger partial charge on any atom is 0.151 e. The summed E-state index contributed by atoms with van der Waals surface area (Å²) in [5.41, 5.74) is -0.700. The van der Waals surface area contributed by atoms with Crippen molar-refractivity contribution in [3.8, 4) is 0 Å². The lowest BCUT2D eigenvalue weighted by Crippen LogP contribution is -2.41. The first-order valence-corrected chi connectivity index (χ1v) is 7.84. The van der Waals surface area contributed by atoms with E-state index in [1.807, 2.05) is 20.8 Å². The molecule has 0 aliphatic carbocycles. The third kappa shape index (κ3) is 6.45. The molecule has 0 aromatic rings. The molecule has 0 fully saturated rings. The Hall–Kier alpha value is -0.130. The van der Waals surface area contributed by atoms with Crippen LogP contribution in [0.3, 0.4) is 0 Å². The van der Waals surface area contributed by atoms with E-state index in [2.05, 4.69) is 5.32 Å². The van der Waals surface area contributed by atoms with Crippen LogP contribution in [-0.4, -0.2) is 43.7 Å². The van der Waals surface area contributed by atoms with E-state index < -0.39 is 15.4 Å². The van der Waals surface area contributed by atoms with E-state index in [0.29, 0.717) is 32.4 Å². The highest BCUT2D eigenvalue weighted by Gasteiger charge is 2.21. The summed E-state index contributed by atoms with van der Waals surface area (Å²) in [6, 6.07) is 0. The second kappa shape index (κ2) is 7.25. The first kappa shape index (κ1) is 15.9. The van der Waals surface area contributed by atoms with Crippen LogP contribution in [0.15, 0.2) is 0 Å². The van der Waals surface area contributed by atoms with E-state index in [1.54, 1.807) is 0 Å². The summed E-state index contributed by atoms with van der Waals surface area (Å²) < 4.78 is 22.8. The third-order valence-corrected chi connectivity index (χ3v) is 4.73. The molecule has 98 valence electrons. The molecule has 0 aromatic heterocycles. The minimum absolute atomic E-state index is 0.157. The number of hydrogen-bond donors (Lipinski definition) is 2. The zero-order valence-electron chi connectivity index (χ0n) is 10.6. The molecule has 0 rings (SSSR count). The Morgan fingerprint density at radius 3 is 2.12 bits per heavy atom. The van der Waals surface area contributed by atoms with Gasteiger partial charge in [0.15, 0.2) is 9.84 Å². The normalized spacial score (nSPS) is 13.0. The van der Waals surface area contributed by atoms with Gasteiger partial charge in [-0.1, -0.05) is 20.8 Å². The minimum Gasteiger partial charge on any atom is -0.389 e. The van der Waals surface area contributed by atoms with Gasteiger partial charge in [-0.3, -0.25) is 0 Å². The lowest BCUT2D eigenvalue weighted by molar-refractivity contribution is 0.0332. The SMILES string of the molecule is CCCS(=O)(=O)CCNCC(O)(CC)CC. The number of hydrogen-bond acceptors (Lipinski definition) is 4. The number of rotatable bonds is 9. The van der Waals surface area contributed by atoms with Crippen molar-refractivity contribution in [2.45, 2.75) is 45.6 Å². The molecule has 0 spiro atoms. The van der Waals surface area contributed by atoms with Gasteiger partial charge >= 0.3 is 0 Å². The summed E-state index contributed by atoms with van der Waals surface area (Å²) in [7, 11) is -2.91. The van der Waals surface area contributed by atoms with Gasteiger partial charge in [-0.15, -0.1) is 0 Å². The topological polar surface area (TPSA) is 66.4 Å². The fourth-order valence-corrected chi connectivity index (χ4v) is 2.74. The number of sulfone groups is 1. The average molecular weight is 251 g/mol. The Balaban J connectivity index is 3.84. The van der Waals surface area contributed by atoms with Crippen LogP contribution < -0.4 is 5.32 Å². The zero-order valence-corrected chi connectivity index (χ0v) is 11.4. The molecule has 0 radical (unpaired) electrons. The van der Waals surface area contributed by atoms with E-state index in [0.717, 1.165) is 0 Å². The van der Waals surface area contributed by atoms with E-state index in [1.165, 1.54) is 0 Å². The van der Waals surface area contributed by atoms with Gasteiger partial charge in [0.05, 0.1) is 11.4 Å². The number of aliphatic hydroxyl groups is 1. The van der Waals surface area contributed by atoms with Crippen molar-refractivity contribution in [1.82, 2.24) is 5.32 Å². The standard InChI is InChI=1S/C11H25NO3S/c1-4-8-16(14,15)9-7-12-10-11(13,5-2)6-3/h12-13H,4-10H2,1-3H3. The first-order valence-electron chi connectivity index (χ1n) is 6.02. The molecule has 16 heavy (non-hydrogen) atoms. The van der Waals surface area contributed by atoms with Crippen LogP contribution >= 0.6 is 0 Å². The molecule has 0 heterocycles. The van der Waals surface area contributed by atoms with Gasteiger partial charge in [-0.2, -0.15) is 0 Å². The Morgan fingerprint density at radius 2 is 1.69 bits per heavy atom. The molecule has 2 N–H and O–H groups in total. The van der Waals surface area contributed by atoms with Crippen LogP contribution in [-0.2, 0) is 9.84 Å². The maximum absolute atomic E-state index is 11.4. The van der Waals surface area contributed by atoms with Crippen molar-refractivity contribution in [3.63, 3.8) is 0 Å². The summed E-state index contributed by atoms with van der Waals surface area (Å²) in [5.74, 6) is 0.408. The van der Waals surface area contributed by atoms with Crippen molar-refractivity contribution in [2.75, 3.05) is 24.6 Å². The molecule has 0 aromatic carbocycles. The highest BCUT2D eigenvalue weighted by Crippen LogP contribution is 2.12. The fraction of sp³-hybridized carbons (Fsp3) is 1.00. The summed E-state index contributed by atoms with van der Waals surface area (Å²) in [4.78, 5) is 0. The molecular formula is C11H25NO3S. The van der Waals surface area contributed by atoms with E-state index in [-0.39, 0.29) is 11.5 Å². The van der Waals surface area contributed by atoms with Gasteiger partial charge in [0.1, 0.15) is 0 Å². The second-order valence-corrected chi connectivity index (χ2v) is 6.56. The molecule has 0 amide bonds. The van der Waals surface area contributed by atoms with Crippen LogP contribution in [0.5, 0.6) is 0 Å². The molecule has 0 unspecified atom stereocenters. The predicted molar refractivity (Wildman–Crippen MR) is 67.3 cm³/mol. The molecule has 4 nitrogen and oxygen atoms in total. The Labute approximate surface area is 99.4 Å². The van der Waals surface area contributed by atoms with Gasteiger partial charge in [-0.25, -0.2) is 8.42 Å². The summed E-state index contributed by atoms with van der Waals surface area (Å²) in [6.07, 6.45) is 2.02. The molecule has 0 aliphatic heterocycles. The average Bonchev–Trinajstić information content (AvgIpc) is 2.24. The van der Waals surface area contributed by atoms with Crippen molar-refractivity contribution >= 4 is 9.84 Å². The largest absolute Gasteiger partial charge is 0.389 e. The van der Waals surface area contributed by atoms with Gasteiger partial charge in [0, 0.05) is 18.8 Å². The minimum atomic E-state index is -2.91. The van der Waals surface area contributed by atoms with Gasteiger partial charge < -0.3 is 10.4 Å². The van der Waals surface area contributed by atoms with Crippen LogP contribution in [0.1, 0.15) is 40.0 Å². The molecule has 0 saturated carbocycles. The van der Waals surface area contributed by atoms with E-state index >= 15 is 0 Å². The van der Waals surface area contributed by atoms with E-state index in [9.17, 15) is 13.5 Å². The predicted octanol–water partition coefficient (Wildman–Crippen LogP) is 0.952. The zero-order chi connectivity index (χ0) is 12.7. The van der Waals surface area contributed by atoms with Crippen LogP contribution in [0, 0.1) is 0 Å². The first-order chi connectivity index (χ1) is 7.39. The van der Waals surface area contributed by atoms with Crippen molar-refractivity contribution in [2.24, 2.45) is 0 Å². The molecule has 0 bridgehead atoms. The van der Waals surface area contributed by atoms with Gasteiger partial charge in [-0.05, 0) is 19.3 Å². The summed E-state index contributed by atoms with van der Waals surface area (Å²) >= 11 is 0. The van der Waals surface area contributed by atoms with Crippen molar-refractivity contribution < 1.29 is 13.5 Å². The monoisotopic (exact) mass is 251 g/mol. The van der Waals surface area contributed by atoms with Crippen LogP contribution in [0.2, 0.25) is 0 Å². The lowest BCUT2D eigenvalue weighted by Gasteiger charge is -2.25. The highest BCUT2D eigenvalue weighted by molar-refractivity contribution is 7.91. The second-order valence-electron chi connectivity index (χ2n) is 4.26. The summed E-state index contributed by atoms with van der Waals surface area (Å²) in [6.45, 7) is 6.60. The summed E-state index contributed by atoms with van der Waals surface area (Å²) in [5, 5.41) is 13.0. The lowest BCUT2D eigenvalue weighted by atomic mass is 9.98. The molecular weight excluding hydrogens is 226 g/mol. The fourth-order valence-electron chi connectivity index (χ4n) is 1.46. The van der Waals surface area contributed by atoms with Crippen molar-refractivity contribution in [3.05, 3.63) is 0 Å². The molecule has 0 saturated heterocycles. The van der Waals surface area contributed by atoms with Crippen molar-refractivity contribution in [1.29, 1.82) is 0 Å². The van der Waals surface area contributed by atoms with Gasteiger partial charge in [0.25, 0.3) is 0 Å². The number of nitrogens with one attached hydrogen (secondary N) is 1. The molecule has 0 atom stereocenters. The quantitative estimate of drug-likeness (QED) is 0.599. The molecule has 5 heteroatoms. The molecule has 0 aliphatic rings. The van der Waals surface area contributed by atoms with Crippen LogP contribution in [0.4, 0.5) is 0 Å². The third-order valence-electron chi connectivity index (χ3n) is 2.88. The van der Waals surface area contributed by atoms with Gasteiger partial charge in [0.2, 0.25) is 0 Å². The maximum atomic E-state index is 11.4. The Morgan fingerprint density at radius 1 is 1.12 bits per heavy atom. The smallest absolute Gasteiger partial charge is 0.151 e. The Kier molecular flexibility index (Phi) is 7.19. The van der Waals surface area contributed by atoms with Crippen LogP contribution in [0.25, 0.3) is 0 Å².